The van der Waals surface area contributed by atoms with Crippen LogP contribution in [0.4, 0.5) is 4.39 Å². The topological polar surface area (TPSA) is 12.9 Å². The minimum Gasteiger partial charge on any atom is -0.261 e. The van der Waals surface area contributed by atoms with E-state index in [2.05, 4.69) is 38.8 Å². The maximum absolute atomic E-state index is 13.3. The molecule has 0 saturated carbocycles. The van der Waals surface area contributed by atoms with E-state index < -0.39 is 0 Å². The number of halogens is 1. The smallest absolute Gasteiger partial charge is 0.142 e. The maximum Gasteiger partial charge on any atom is 0.142 e. The fourth-order valence-electron chi connectivity index (χ4n) is 1.99. The quantitative estimate of drug-likeness (QED) is 0.635. The molecule has 0 saturated heterocycles. The van der Waals surface area contributed by atoms with E-state index in [1.165, 1.54) is 18.2 Å². The second kappa shape index (κ2) is 8.08. The molecule has 0 aromatic carbocycles. The van der Waals surface area contributed by atoms with E-state index in [1.807, 2.05) is 0 Å². The fourth-order valence-corrected chi connectivity index (χ4v) is 1.99. The molecule has 0 unspecified atom stereocenters. The van der Waals surface area contributed by atoms with Crippen LogP contribution < -0.4 is 0 Å². The van der Waals surface area contributed by atoms with Crippen LogP contribution >= 0.6 is 0 Å². The SMILES string of the molecule is CC(C)CC/C=C(\CCC(C)C)c1cncc(F)c1. The van der Waals surface area contributed by atoms with Gasteiger partial charge in [0.05, 0.1) is 6.20 Å². The largest absolute Gasteiger partial charge is 0.261 e. The van der Waals surface area contributed by atoms with Gasteiger partial charge in [0.15, 0.2) is 0 Å². The van der Waals surface area contributed by atoms with Gasteiger partial charge in [-0.1, -0.05) is 33.8 Å². The van der Waals surface area contributed by atoms with Crippen molar-refractivity contribution >= 4 is 5.57 Å². The molecule has 1 aromatic heterocycles. The zero-order chi connectivity index (χ0) is 14.3. The van der Waals surface area contributed by atoms with Crippen LogP contribution in [0.3, 0.4) is 0 Å². The van der Waals surface area contributed by atoms with Crippen LogP contribution in [0, 0.1) is 17.7 Å². The molecule has 19 heavy (non-hydrogen) atoms. The van der Waals surface area contributed by atoms with Crippen molar-refractivity contribution in [3.8, 4) is 0 Å². The third-order valence-electron chi connectivity index (χ3n) is 3.20. The second-order valence-electron chi connectivity index (χ2n) is 6.02. The Hall–Kier alpha value is -1.18. The molecule has 0 bridgehead atoms. The molecule has 0 aliphatic carbocycles. The van der Waals surface area contributed by atoms with Crippen LogP contribution in [0.2, 0.25) is 0 Å². The van der Waals surface area contributed by atoms with Crippen molar-refractivity contribution < 1.29 is 4.39 Å². The first-order valence-electron chi connectivity index (χ1n) is 7.29. The van der Waals surface area contributed by atoms with E-state index >= 15 is 0 Å². The Morgan fingerprint density at radius 3 is 2.42 bits per heavy atom. The summed E-state index contributed by atoms with van der Waals surface area (Å²) in [5.41, 5.74) is 2.17. The number of pyridine rings is 1. The van der Waals surface area contributed by atoms with Gasteiger partial charge in [-0.05, 0) is 54.7 Å². The van der Waals surface area contributed by atoms with Gasteiger partial charge in [0.25, 0.3) is 0 Å². The van der Waals surface area contributed by atoms with Gasteiger partial charge in [-0.2, -0.15) is 0 Å². The first-order valence-corrected chi connectivity index (χ1v) is 7.29. The highest BCUT2D eigenvalue weighted by Crippen LogP contribution is 2.23. The first-order chi connectivity index (χ1) is 8.99. The molecule has 1 aromatic rings. The van der Waals surface area contributed by atoms with Gasteiger partial charge in [-0.3, -0.25) is 4.98 Å². The Labute approximate surface area is 117 Å². The first kappa shape index (κ1) is 15.9. The maximum atomic E-state index is 13.3. The number of hydrogen-bond acceptors (Lipinski definition) is 1. The molecule has 106 valence electrons. The summed E-state index contributed by atoms with van der Waals surface area (Å²) in [5, 5.41) is 0. The van der Waals surface area contributed by atoms with Crippen molar-refractivity contribution in [3.05, 3.63) is 35.9 Å². The molecule has 0 amide bonds. The highest BCUT2D eigenvalue weighted by atomic mass is 19.1. The molecule has 1 heterocycles. The predicted octanol–water partition coefficient (Wildman–Crippen LogP) is 5.48. The van der Waals surface area contributed by atoms with Crippen LogP contribution in [-0.4, -0.2) is 4.98 Å². The van der Waals surface area contributed by atoms with Gasteiger partial charge in [0.2, 0.25) is 0 Å². The van der Waals surface area contributed by atoms with Crippen LogP contribution in [0.1, 0.15) is 58.9 Å². The lowest BCUT2D eigenvalue weighted by Gasteiger charge is -2.11. The third-order valence-corrected chi connectivity index (χ3v) is 3.20. The second-order valence-corrected chi connectivity index (χ2v) is 6.02. The van der Waals surface area contributed by atoms with Crippen LogP contribution in [0.15, 0.2) is 24.5 Å². The molecular formula is C17H26FN. The lowest BCUT2D eigenvalue weighted by molar-refractivity contribution is 0.588. The Bertz CT molecular complexity index is 407. The molecule has 0 aliphatic rings. The molecule has 1 rings (SSSR count). The van der Waals surface area contributed by atoms with E-state index in [9.17, 15) is 4.39 Å². The Balaban J connectivity index is 2.79. The Morgan fingerprint density at radius 2 is 1.84 bits per heavy atom. The molecule has 0 atom stereocenters. The summed E-state index contributed by atoms with van der Waals surface area (Å²) in [4.78, 5) is 3.96. The summed E-state index contributed by atoms with van der Waals surface area (Å²) in [5.74, 6) is 1.11. The fraction of sp³-hybridized carbons (Fsp3) is 0.588. The molecule has 0 N–H and O–H groups in total. The van der Waals surface area contributed by atoms with Gasteiger partial charge < -0.3 is 0 Å². The van der Waals surface area contributed by atoms with Crippen molar-refractivity contribution in [1.82, 2.24) is 4.98 Å². The van der Waals surface area contributed by atoms with Gasteiger partial charge in [0.1, 0.15) is 5.82 Å². The molecule has 1 nitrogen and oxygen atoms in total. The summed E-state index contributed by atoms with van der Waals surface area (Å²) < 4.78 is 13.3. The van der Waals surface area contributed by atoms with E-state index in [1.54, 1.807) is 12.3 Å². The molecule has 0 aliphatic heterocycles. The van der Waals surface area contributed by atoms with E-state index in [-0.39, 0.29) is 5.82 Å². The molecule has 0 radical (unpaired) electrons. The number of rotatable bonds is 7. The van der Waals surface area contributed by atoms with Gasteiger partial charge >= 0.3 is 0 Å². The zero-order valence-electron chi connectivity index (χ0n) is 12.6. The normalized spacial score (nSPS) is 12.5. The van der Waals surface area contributed by atoms with Crippen LogP contribution in [-0.2, 0) is 0 Å². The summed E-state index contributed by atoms with van der Waals surface area (Å²) >= 11 is 0. The molecule has 0 fully saturated rings. The van der Waals surface area contributed by atoms with Crippen molar-refractivity contribution in [2.45, 2.75) is 53.4 Å². The van der Waals surface area contributed by atoms with E-state index in [0.717, 1.165) is 24.8 Å². The average Bonchev–Trinajstić information content (AvgIpc) is 2.32. The summed E-state index contributed by atoms with van der Waals surface area (Å²) in [6, 6.07) is 1.59. The lowest BCUT2D eigenvalue weighted by Crippen LogP contribution is -1.94. The van der Waals surface area contributed by atoms with Gasteiger partial charge in [0, 0.05) is 6.20 Å². The molecule has 0 spiro atoms. The predicted molar refractivity (Wildman–Crippen MR) is 80.3 cm³/mol. The third kappa shape index (κ3) is 6.51. The summed E-state index contributed by atoms with van der Waals surface area (Å²) in [7, 11) is 0. The van der Waals surface area contributed by atoms with Crippen LogP contribution in [0.25, 0.3) is 5.57 Å². The lowest BCUT2D eigenvalue weighted by atomic mass is 9.96. The molecule has 2 heteroatoms. The number of nitrogens with zero attached hydrogens (tertiary/aromatic N) is 1. The zero-order valence-corrected chi connectivity index (χ0v) is 12.6. The number of hydrogen-bond donors (Lipinski definition) is 0. The standard InChI is InChI=1S/C17H26FN/c1-13(2)6-5-7-15(9-8-14(3)4)16-10-17(18)12-19-11-16/h7,10-14H,5-6,8-9H2,1-4H3/b15-7+. The Morgan fingerprint density at radius 1 is 1.16 bits per heavy atom. The van der Waals surface area contributed by atoms with Crippen LogP contribution in [0.5, 0.6) is 0 Å². The highest BCUT2D eigenvalue weighted by Gasteiger charge is 2.05. The Kier molecular flexibility index (Phi) is 6.75. The van der Waals surface area contributed by atoms with E-state index in [0.29, 0.717) is 11.8 Å². The molecular weight excluding hydrogens is 237 g/mol. The van der Waals surface area contributed by atoms with Crippen molar-refractivity contribution in [1.29, 1.82) is 0 Å². The minimum absolute atomic E-state index is 0.253. The minimum atomic E-state index is -0.253. The van der Waals surface area contributed by atoms with Gasteiger partial charge in [-0.25, -0.2) is 4.39 Å². The summed E-state index contributed by atoms with van der Waals surface area (Å²) in [6.07, 6.45) is 9.65. The monoisotopic (exact) mass is 263 g/mol. The number of allylic oxidation sites excluding steroid dienone is 2. The van der Waals surface area contributed by atoms with Crippen molar-refractivity contribution in [3.63, 3.8) is 0 Å². The number of aromatic nitrogens is 1. The van der Waals surface area contributed by atoms with Crippen molar-refractivity contribution in [2.75, 3.05) is 0 Å². The average molecular weight is 263 g/mol. The van der Waals surface area contributed by atoms with Crippen molar-refractivity contribution in [2.24, 2.45) is 11.8 Å². The van der Waals surface area contributed by atoms with Gasteiger partial charge in [-0.15, -0.1) is 0 Å². The summed E-state index contributed by atoms with van der Waals surface area (Å²) in [6.45, 7) is 8.89. The van der Waals surface area contributed by atoms with E-state index in [4.69, 9.17) is 0 Å². The highest BCUT2D eigenvalue weighted by molar-refractivity contribution is 5.64.